The largest absolute Gasteiger partial charge is 0.337 e. The van der Waals surface area contributed by atoms with Gasteiger partial charge in [-0.3, -0.25) is 14.4 Å². The molecule has 3 aliphatic rings. The summed E-state index contributed by atoms with van der Waals surface area (Å²) in [5, 5.41) is 0. The van der Waals surface area contributed by atoms with Crippen molar-refractivity contribution in [2.24, 2.45) is 0 Å². The van der Waals surface area contributed by atoms with Crippen molar-refractivity contribution in [1.82, 2.24) is 19.3 Å². The Bertz CT molecular complexity index is 896. The van der Waals surface area contributed by atoms with Crippen molar-refractivity contribution in [1.29, 1.82) is 0 Å². The highest BCUT2D eigenvalue weighted by atomic mass is 32.2. The van der Waals surface area contributed by atoms with Gasteiger partial charge in [-0.05, 0) is 55.7 Å². The predicted octanol–water partition coefficient (Wildman–Crippen LogP) is 1.99. The average molecular weight is 447 g/mol. The summed E-state index contributed by atoms with van der Waals surface area (Å²) in [4.78, 5) is 45.7. The van der Waals surface area contributed by atoms with Gasteiger partial charge in [0, 0.05) is 45.0 Å². The quantitative estimate of drug-likeness (QED) is 0.669. The molecular weight excluding hydrogens is 412 g/mol. The maximum atomic E-state index is 13.6. The number of thioether (sulfide) groups is 1. The molecule has 1 aromatic rings. The molecule has 7 nitrogen and oxygen atoms in total. The van der Waals surface area contributed by atoms with Gasteiger partial charge in [-0.15, -0.1) is 0 Å². The van der Waals surface area contributed by atoms with Crippen LogP contribution < -0.4 is 5.56 Å². The number of carbonyl (C=O) groups is 2. The van der Waals surface area contributed by atoms with E-state index in [1.807, 2.05) is 16.0 Å². The van der Waals surface area contributed by atoms with Gasteiger partial charge in [0.2, 0.25) is 5.91 Å². The Balaban J connectivity index is 1.64. The number of fused-ring (bicyclic) bond motifs is 1. The van der Waals surface area contributed by atoms with Crippen molar-refractivity contribution < 1.29 is 9.59 Å². The third kappa shape index (κ3) is 4.85. The molecule has 1 saturated carbocycles. The normalized spacial score (nSPS) is 19.8. The molecule has 0 atom stereocenters. The summed E-state index contributed by atoms with van der Waals surface area (Å²) in [6, 6.07) is 0.200. The van der Waals surface area contributed by atoms with E-state index < -0.39 is 0 Å². The molecule has 2 fully saturated rings. The molecule has 0 radical (unpaired) electrons. The molecule has 2 aliphatic heterocycles. The predicted molar refractivity (Wildman–Crippen MR) is 124 cm³/mol. The lowest BCUT2D eigenvalue weighted by Gasteiger charge is -2.31. The van der Waals surface area contributed by atoms with Gasteiger partial charge in [0.25, 0.3) is 11.5 Å². The monoisotopic (exact) mass is 446 g/mol. The van der Waals surface area contributed by atoms with E-state index in [1.54, 1.807) is 16.3 Å². The van der Waals surface area contributed by atoms with Crippen LogP contribution in [0.4, 0.5) is 0 Å². The number of aromatic nitrogens is 1. The number of hydrogen-bond acceptors (Lipinski definition) is 5. The SMILES string of the molecule is CCSCC(=O)N1CCc2c(cn(C3CC3)c(=O)c2C(=O)N2CCCN(CC)CC2)C1. The summed E-state index contributed by atoms with van der Waals surface area (Å²) in [5.41, 5.74) is 2.07. The Morgan fingerprint density at radius 3 is 2.58 bits per heavy atom. The number of likely N-dealkylation sites (N-methyl/N-ethyl adjacent to an activating group) is 1. The van der Waals surface area contributed by atoms with Crippen molar-refractivity contribution in [2.45, 2.75) is 52.1 Å². The summed E-state index contributed by atoms with van der Waals surface area (Å²) < 4.78 is 1.77. The van der Waals surface area contributed by atoms with Crippen LogP contribution in [-0.2, 0) is 17.8 Å². The van der Waals surface area contributed by atoms with Gasteiger partial charge in [-0.25, -0.2) is 0 Å². The molecule has 0 N–H and O–H groups in total. The second kappa shape index (κ2) is 9.77. The molecule has 31 heavy (non-hydrogen) atoms. The van der Waals surface area contributed by atoms with Gasteiger partial charge in [0.05, 0.1) is 5.75 Å². The van der Waals surface area contributed by atoms with Gasteiger partial charge in [-0.1, -0.05) is 13.8 Å². The lowest BCUT2D eigenvalue weighted by Crippen LogP contribution is -2.43. The summed E-state index contributed by atoms with van der Waals surface area (Å²) in [6.45, 7) is 9.46. The van der Waals surface area contributed by atoms with Crippen LogP contribution in [0.5, 0.6) is 0 Å². The number of nitrogens with zero attached hydrogens (tertiary/aromatic N) is 4. The van der Waals surface area contributed by atoms with E-state index in [0.29, 0.717) is 43.9 Å². The van der Waals surface area contributed by atoms with Crippen molar-refractivity contribution in [2.75, 3.05) is 50.8 Å². The number of rotatable bonds is 6. The molecular formula is C23H34N4O3S. The summed E-state index contributed by atoms with van der Waals surface area (Å²) in [5.74, 6) is 1.43. The molecule has 0 spiro atoms. The summed E-state index contributed by atoms with van der Waals surface area (Å²) in [6.07, 6.45) is 5.41. The van der Waals surface area contributed by atoms with Gasteiger partial charge in [-0.2, -0.15) is 11.8 Å². The van der Waals surface area contributed by atoms with E-state index in [4.69, 9.17) is 0 Å². The molecule has 1 saturated heterocycles. The van der Waals surface area contributed by atoms with Gasteiger partial charge < -0.3 is 19.3 Å². The molecule has 8 heteroatoms. The highest BCUT2D eigenvalue weighted by Gasteiger charge is 2.34. The molecule has 0 bridgehead atoms. The van der Waals surface area contributed by atoms with E-state index in [2.05, 4.69) is 18.7 Å². The lowest BCUT2D eigenvalue weighted by atomic mass is 9.95. The van der Waals surface area contributed by atoms with Crippen molar-refractivity contribution >= 4 is 23.6 Å². The topological polar surface area (TPSA) is 65.9 Å². The highest BCUT2D eigenvalue weighted by molar-refractivity contribution is 7.99. The first-order chi connectivity index (χ1) is 15.0. The minimum atomic E-state index is -0.135. The van der Waals surface area contributed by atoms with Gasteiger partial charge >= 0.3 is 0 Å². The standard InChI is InChI=1S/C23H34N4O3S/c1-3-24-9-5-10-25(13-12-24)22(29)21-19-8-11-26(20(28)16-31-4-2)14-17(19)15-27(23(21)30)18-6-7-18/h15,18H,3-14,16H2,1-2H3. The summed E-state index contributed by atoms with van der Waals surface area (Å²) >= 11 is 1.63. The van der Waals surface area contributed by atoms with Gasteiger partial charge in [0.1, 0.15) is 5.56 Å². The number of carbonyl (C=O) groups excluding carboxylic acids is 2. The fourth-order valence-corrected chi connectivity index (χ4v) is 5.22. The Morgan fingerprint density at radius 1 is 1.06 bits per heavy atom. The smallest absolute Gasteiger partial charge is 0.263 e. The maximum absolute atomic E-state index is 13.6. The van der Waals surface area contributed by atoms with Crippen LogP contribution in [0.3, 0.4) is 0 Å². The Morgan fingerprint density at radius 2 is 1.87 bits per heavy atom. The first-order valence-corrected chi connectivity index (χ1v) is 12.8. The van der Waals surface area contributed by atoms with Crippen molar-refractivity contribution in [3.8, 4) is 0 Å². The fraction of sp³-hybridized carbons (Fsp3) is 0.696. The molecule has 2 amide bonds. The van der Waals surface area contributed by atoms with Crippen LogP contribution in [0.25, 0.3) is 0 Å². The Kier molecular flexibility index (Phi) is 7.06. The molecule has 4 rings (SSSR count). The highest BCUT2D eigenvalue weighted by Crippen LogP contribution is 2.35. The molecule has 170 valence electrons. The maximum Gasteiger partial charge on any atom is 0.263 e. The van der Waals surface area contributed by atoms with E-state index in [0.717, 1.165) is 55.8 Å². The van der Waals surface area contributed by atoms with E-state index in [1.165, 1.54) is 0 Å². The van der Waals surface area contributed by atoms with Gasteiger partial charge in [0.15, 0.2) is 0 Å². The zero-order chi connectivity index (χ0) is 22.0. The first kappa shape index (κ1) is 22.4. The lowest BCUT2D eigenvalue weighted by molar-refractivity contribution is -0.129. The minimum Gasteiger partial charge on any atom is -0.337 e. The second-order valence-corrected chi connectivity index (χ2v) is 10.0. The second-order valence-electron chi connectivity index (χ2n) is 8.73. The Hall–Kier alpha value is -1.80. The van der Waals surface area contributed by atoms with E-state index in [-0.39, 0.29) is 23.4 Å². The van der Waals surface area contributed by atoms with Crippen LogP contribution in [0.15, 0.2) is 11.0 Å². The van der Waals surface area contributed by atoms with Crippen LogP contribution in [0.1, 0.15) is 60.6 Å². The molecule has 1 aromatic heterocycles. The Labute approximate surface area is 188 Å². The zero-order valence-electron chi connectivity index (χ0n) is 18.8. The third-order valence-corrected chi connectivity index (χ3v) is 7.54. The van der Waals surface area contributed by atoms with Crippen LogP contribution in [0, 0.1) is 0 Å². The zero-order valence-corrected chi connectivity index (χ0v) is 19.6. The minimum absolute atomic E-state index is 0.115. The molecule has 1 aliphatic carbocycles. The number of hydrogen-bond donors (Lipinski definition) is 0. The molecule has 3 heterocycles. The van der Waals surface area contributed by atoms with Crippen LogP contribution in [0.2, 0.25) is 0 Å². The molecule has 0 unspecified atom stereocenters. The molecule has 0 aromatic carbocycles. The summed E-state index contributed by atoms with van der Waals surface area (Å²) in [7, 11) is 0. The average Bonchev–Trinajstić information content (AvgIpc) is 3.63. The number of amides is 2. The first-order valence-electron chi connectivity index (χ1n) is 11.7. The van der Waals surface area contributed by atoms with Crippen molar-refractivity contribution in [3.05, 3.63) is 33.2 Å². The fourth-order valence-electron chi connectivity index (χ4n) is 4.66. The number of pyridine rings is 1. The van der Waals surface area contributed by atoms with Crippen LogP contribution >= 0.6 is 11.8 Å². The van der Waals surface area contributed by atoms with Crippen molar-refractivity contribution in [3.63, 3.8) is 0 Å². The van der Waals surface area contributed by atoms with E-state index >= 15 is 0 Å². The third-order valence-electron chi connectivity index (χ3n) is 6.69. The van der Waals surface area contributed by atoms with E-state index in [9.17, 15) is 14.4 Å². The van der Waals surface area contributed by atoms with Crippen LogP contribution in [-0.4, -0.2) is 81.9 Å².